The summed E-state index contributed by atoms with van der Waals surface area (Å²) in [6, 6.07) is 0. The molecule has 0 aromatic rings. The fourth-order valence-corrected chi connectivity index (χ4v) is 1.96. The van der Waals surface area contributed by atoms with Gasteiger partial charge in [0, 0.05) is 19.6 Å². The van der Waals surface area contributed by atoms with Gasteiger partial charge in [-0.05, 0) is 6.42 Å². The lowest BCUT2D eigenvalue weighted by molar-refractivity contribution is -0.148. The summed E-state index contributed by atoms with van der Waals surface area (Å²) in [5.41, 5.74) is -1.24. The second-order valence-electron chi connectivity index (χ2n) is 4.24. The molecule has 0 aliphatic carbocycles. The van der Waals surface area contributed by atoms with E-state index in [-0.39, 0.29) is 18.4 Å². The Morgan fingerprint density at radius 2 is 2.12 bits per heavy atom. The molecular formula is C10H15NO5. The van der Waals surface area contributed by atoms with Crippen molar-refractivity contribution in [1.82, 2.24) is 5.32 Å². The molecule has 2 fully saturated rings. The van der Waals surface area contributed by atoms with Crippen molar-refractivity contribution in [3.63, 3.8) is 0 Å². The van der Waals surface area contributed by atoms with Crippen molar-refractivity contribution < 1.29 is 24.2 Å². The standard InChI is InChI=1S/C10H15NO5/c12-8(7-1-3-15-5-7)11-10(9(13)14)2-4-16-6-10/h7H,1-6H2,(H,11,12)(H,13,14)/t7?,10-/m0/s1. The average Bonchev–Trinajstić information content (AvgIpc) is 2.88. The zero-order valence-corrected chi connectivity index (χ0v) is 8.90. The van der Waals surface area contributed by atoms with E-state index in [4.69, 9.17) is 14.6 Å². The zero-order valence-electron chi connectivity index (χ0n) is 8.90. The van der Waals surface area contributed by atoms with Crippen LogP contribution in [-0.2, 0) is 19.1 Å². The lowest BCUT2D eigenvalue weighted by Crippen LogP contribution is -2.56. The number of nitrogens with one attached hydrogen (secondary N) is 1. The summed E-state index contributed by atoms with van der Waals surface area (Å²) in [5.74, 6) is -1.50. The SMILES string of the molecule is O=C(N[C@@]1(C(=O)O)CCOC1)C1CCOC1. The van der Waals surface area contributed by atoms with Crippen molar-refractivity contribution in [3.8, 4) is 0 Å². The lowest BCUT2D eigenvalue weighted by atomic mass is 9.97. The molecule has 6 heteroatoms. The highest BCUT2D eigenvalue weighted by Crippen LogP contribution is 2.21. The predicted molar refractivity (Wildman–Crippen MR) is 52.9 cm³/mol. The number of carboxylic acids is 1. The molecule has 0 aromatic carbocycles. The van der Waals surface area contributed by atoms with E-state index in [1.54, 1.807) is 0 Å². The number of ether oxygens (including phenoxy) is 2. The predicted octanol–water partition coefficient (Wildman–Crippen LogP) is -0.617. The van der Waals surface area contributed by atoms with E-state index in [0.29, 0.717) is 32.7 Å². The molecule has 0 aromatic heterocycles. The van der Waals surface area contributed by atoms with Crippen molar-refractivity contribution in [2.24, 2.45) is 5.92 Å². The molecule has 1 amide bonds. The highest BCUT2D eigenvalue weighted by molar-refractivity contribution is 5.88. The van der Waals surface area contributed by atoms with Crippen molar-refractivity contribution in [3.05, 3.63) is 0 Å². The molecule has 0 saturated carbocycles. The second-order valence-corrected chi connectivity index (χ2v) is 4.24. The molecule has 0 spiro atoms. The second kappa shape index (κ2) is 4.39. The Bertz CT molecular complexity index is 292. The van der Waals surface area contributed by atoms with Gasteiger partial charge in [0.15, 0.2) is 5.54 Å². The van der Waals surface area contributed by atoms with E-state index < -0.39 is 11.5 Å². The third-order valence-corrected chi connectivity index (χ3v) is 3.09. The zero-order chi connectivity index (χ0) is 11.6. The molecule has 0 bridgehead atoms. The molecule has 2 rings (SSSR count). The Hall–Kier alpha value is -1.14. The van der Waals surface area contributed by atoms with Crippen LogP contribution in [-0.4, -0.2) is 48.9 Å². The largest absolute Gasteiger partial charge is 0.479 e. The average molecular weight is 229 g/mol. The number of rotatable bonds is 3. The fraction of sp³-hybridized carbons (Fsp3) is 0.800. The van der Waals surface area contributed by atoms with Gasteiger partial charge in [0.05, 0.1) is 19.1 Å². The van der Waals surface area contributed by atoms with E-state index >= 15 is 0 Å². The molecule has 6 nitrogen and oxygen atoms in total. The molecule has 2 aliphatic heterocycles. The van der Waals surface area contributed by atoms with Crippen LogP contribution >= 0.6 is 0 Å². The van der Waals surface area contributed by atoms with Crippen LogP contribution in [0.15, 0.2) is 0 Å². The first-order chi connectivity index (χ1) is 7.64. The molecule has 16 heavy (non-hydrogen) atoms. The summed E-state index contributed by atoms with van der Waals surface area (Å²) in [7, 11) is 0. The minimum atomic E-state index is -1.24. The summed E-state index contributed by atoms with van der Waals surface area (Å²) < 4.78 is 10.2. The number of amides is 1. The molecule has 2 heterocycles. The van der Waals surface area contributed by atoms with Gasteiger partial charge in [-0.3, -0.25) is 4.79 Å². The first-order valence-electron chi connectivity index (χ1n) is 5.35. The highest BCUT2D eigenvalue weighted by Gasteiger charge is 2.45. The van der Waals surface area contributed by atoms with Gasteiger partial charge in [0.1, 0.15) is 0 Å². The number of hydrogen-bond acceptors (Lipinski definition) is 4. The summed E-state index contributed by atoms with van der Waals surface area (Å²) in [6.07, 6.45) is 0.976. The van der Waals surface area contributed by atoms with E-state index in [1.165, 1.54) is 0 Å². The van der Waals surface area contributed by atoms with Crippen molar-refractivity contribution in [2.75, 3.05) is 26.4 Å². The van der Waals surface area contributed by atoms with Crippen LogP contribution in [0.2, 0.25) is 0 Å². The molecule has 0 radical (unpaired) electrons. The monoisotopic (exact) mass is 229 g/mol. The Morgan fingerprint density at radius 1 is 1.31 bits per heavy atom. The summed E-state index contributed by atoms with van der Waals surface area (Å²) >= 11 is 0. The van der Waals surface area contributed by atoms with Gasteiger partial charge in [-0.2, -0.15) is 0 Å². The molecule has 2 saturated heterocycles. The van der Waals surface area contributed by atoms with Gasteiger partial charge in [-0.15, -0.1) is 0 Å². The topological polar surface area (TPSA) is 84.9 Å². The third kappa shape index (κ3) is 2.03. The first kappa shape index (κ1) is 11.3. The van der Waals surface area contributed by atoms with E-state index in [2.05, 4.69) is 5.32 Å². The lowest BCUT2D eigenvalue weighted by Gasteiger charge is -2.25. The molecule has 90 valence electrons. The number of carboxylic acid groups (broad SMARTS) is 1. The smallest absolute Gasteiger partial charge is 0.331 e. The number of aliphatic carboxylic acids is 1. The van der Waals surface area contributed by atoms with E-state index in [1.807, 2.05) is 0 Å². The molecule has 2 atom stereocenters. The number of carbonyl (C=O) groups excluding carboxylic acids is 1. The molecule has 2 aliphatic rings. The van der Waals surface area contributed by atoms with Crippen LogP contribution in [0, 0.1) is 5.92 Å². The van der Waals surface area contributed by atoms with Gasteiger partial charge in [-0.25, -0.2) is 4.79 Å². The number of carbonyl (C=O) groups is 2. The van der Waals surface area contributed by atoms with Crippen molar-refractivity contribution in [1.29, 1.82) is 0 Å². The minimum absolute atomic E-state index is 0.0433. The quantitative estimate of drug-likeness (QED) is 0.674. The Kier molecular flexibility index (Phi) is 3.11. The Balaban J connectivity index is 2.00. The maximum atomic E-state index is 11.8. The molecule has 2 N–H and O–H groups in total. The summed E-state index contributed by atoms with van der Waals surface area (Å²) in [6.45, 7) is 1.35. The summed E-state index contributed by atoms with van der Waals surface area (Å²) in [5, 5.41) is 11.7. The van der Waals surface area contributed by atoms with Crippen molar-refractivity contribution in [2.45, 2.75) is 18.4 Å². The molecular weight excluding hydrogens is 214 g/mol. The normalized spacial score (nSPS) is 33.9. The third-order valence-electron chi connectivity index (χ3n) is 3.09. The van der Waals surface area contributed by atoms with Gasteiger partial charge >= 0.3 is 5.97 Å². The van der Waals surface area contributed by atoms with E-state index in [9.17, 15) is 9.59 Å². The molecule has 1 unspecified atom stereocenters. The Morgan fingerprint density at radius 3 is 2.62 bits per heavy atom. The first-order valence-corrected chi connectivity index (χ1v) is 5.35. The van der Waals surface area contributed by atoms with Crippen LogP contribution in [0.25, 0.3) is 0 Å². The van der Waals surface area contributed by atoms with Crippen LogP contribution in [0.3, 0.4) is 0 Å². The maximum Gasteiger partial charge on any atom is 0.331 e. The van der Waals surface area contributed by atoms with E-state index in [0.717, 1.165) is 0 Å². The Labute approximate surface area is 92.9 Å². The fourth-order valence-electron chi connectivity index (χ4n) is 1.96. The highest BCUT2D eigenvalue weighted by atomic mass is 16.5. The van der Waals surface area contributed by atoms with Gasteiger partial charge in [0.25, 0.3) is 0 Å². The maximum absolute atomic E-state index is 11.8. The van der Waals surface area contributed by atoms with Crippen LogP contribution in [0.5, 0.6) is 0 Å². The van der Waals surface area contributed by atoms with Crippen LogP contribution in [0.4, 0.5) is 0 Å². The van der Waals surface area contributed by atoms with Crippen LogP contribution < -0.4 is 5.32 Å². The van der Waals surface area contributed by atoms with Crippen LogP contribution in [0.1, 0.15) is 12.8 Å². The van der Waals surface area contributed by atoms with Crippen molar-refractivity contribution >= 4 is 11.9 Å². The van der Waals surface area contributed by atoms with Gasteiger partial charge < -0.3 is 19.9 Å². The minimum Gasteiger partial charge on any atom is -0.479 e. The van der Waals surface area contributed by atoms with Gasteiger partial charge in [0.2, 0.25) is 5.91 Å². The van der Waals surface area contributed by atoms with Gasteiger partial charge in [-0.1, -0.05) is 0 Å². The summed E-state index contributed by atoms with van der Waals surface area (Å²) in [4.78, 5) is 22.9. The number of hydrogen-bond donors (Lipinski definition) is 2.